The first kappa shape index (κ1) is 9.20. The second-order valence-electron chi connectivity index (χ2n) is 2.85. The zero-order valence-corrected chi connectivity index (χ0v) is 7.66. The normalized spacial score (nSPS) is 10.1. The number of carboxylic acids is 1. The molecule has 6 nitrogen and oxygen atoms in total. The van der Waals surface area contributed by atoms with Crippen LogP contribution in [0.2, 0.25) is 0 Å². The van der Waals surface area contributed by atoms with E-state index in [1.54, 1.807) is 18.5 Å². The predicted molar refractivity (Wildman–Crippen MR) is 52.7 cm³/mol. The molecule has 15 heavy (non-hydrogen) atoms. The van der Waals surface area contributed by atoms with Gasteiger partial charge in [-0.3, -0.25) is 0 Å². The summed E-state index contributed by atoms with van der Waals surface area (Å²) in [5.41, 5.74) is 5.80. The van der Waals surface area contributed by atoms with E-state index in [1.165, 1.54) is 16.9 Å². The Morgan fingerprint density at radius 2 is 2.27 bits per heavy atom. The summed E-state index contributed by atoms with van der Waals surface area (Å²) in [5.74, 6) is -0.761. The molecule has 0 amide bonds. The minimum absolute atomic E-state index is 0.0236. The minimum Gasteiger partial charge on any atom is -0.478 e. The molecule has 0 saturated carbocycles. The van der Waals surface area contributed by atoms with Gasteiger partial charge in [-0.15, -0.1) is 0 Å². The lowest BCUT2D eigenvalue weighted by molar-refractivity contribution is 0.0698. The van der Waals surface area contributed by atoms with Gasteiger partial charge in [-0.05, 0) is 12.1 Å². The standard InChI is InChI=1S/C9H8N4O2/c10-7-6(9(14)15)2-4-11-8(7)13-5-1-3-12-13/h1-5H,10H2,(H,14,15). The second-order valence-corrected chi connectivity index (χ2v) is 2.85. The molecule has 0 atom stereocenters. The van der Waals surface area contributed by atoms with Crippen LogP contribution in [-0.2, 0) is 0 Å². The van der Waals surface area contributed by atoms with Gasteiger partial charge in [0.2, 0.25) is 0 Å². The summed E-state index contributed by atoms with van der Waals surface area (Å²) in [4.78, 5) is 14.8. The van der Waals surface area contributed by atoms with Crippen LogP contribution in [0.3, 0.4) is 0 Å². The van der Waals surface area contributed by atoms with Gasteiger partial charge in [-0.1, -0.05) is 0 Å². The highest BCUT2D eigenvalue weighted by Gasteiger charge is 2.13. The molecule has 0 aromatic carbocycles. The molecular formula is C9H8N4O2. The summed E-state index contributed by atoms with van der Waals surface area (Å²) in [5, 5.41) is 12.8. The smallest absolute Gasteiger partial charge is 0.337 e. The van der Waals surface area contributed by atoms with Gasteiger partial charge in [0, 0.05) is 18.6 Å². The second kappa shape index (κ2) is 3.41. The molecule has 0 radical (unpaired) electrons. The molecular weight excluding hydrogens is 196 g/mol. The molecule has 76 valence electrons. The predicted octanol–water partition coefficient (Wildman–Crippen LogP) is 0.548. The Morgan fingerprint density at radius 3 is 2.87 bits per heavy atom. The van der Waals surface area contributed by atoms with Crippen LogP contribution >= 0.6 is 0 Å². The van der Waals surface area contributed by atoms with Crippen LogP contribution in [0.15, 0.2) is 30.7 Å². The summed E-state index contributed by atoms with van der Waals surface area (Å²) >= 11 is 0. The fraction of sp³-hybridized carbons (Fsp3) is 0. The largest absolute Gasteiger partial charge is 0.478 e. The van der Waals surface area contributed by atoms with E-state index in [4.69, 9.17) is 10.8 Å². The molecule has 2 aromatic heterocycles. The number of aromatic nitrogens is 3. The van der Waals surface area contributed by atoms with Crippen LogP contribution in [0.1, 0.15) is 10.4 Å². The average molecular weight is 204 g/mol. The van der Waals surface area contributed by atoms with E-state index >= 15 is 0 Å². The van der Waals surface area contributed by atoms with Crippen molar-refractivity contribution in [3.63, 3.8) is 0 Å². The Hall–Kier alpha value is -2.37. The van der Waals surface area contributed by atoms with Crippen molar-refractivity contribution in [2.75, 3.05) is 5.73 Å². The molecule has 6 heteroatoms. The number of anilines is 1. The van der Waals surface area contributed by atoms with Crippen molar-refractivity contribution in [2.45, 2.75) is 0 Å². The number of aromatic carboxylic acids is 1. The Kier molecular flexibility index (Phi) is 2.09. The van der Waals surface area contributed by atoms with Gasteiger partial charge in [-0.2, -0.15) is 5.10 Å². The van der Waals surface area contributed by atoms with Crippen molar-refractivity contribution in [1.82, 2.24) is 14.8 Å². The molecule has 0 bridgehead atoms. The Balaban J connectivity index is 2.59. The highest BCUT2D eigenvalue weighted by Crippen LogP contribution is 2.17. The van der Waals surface area contributed by atoms with Crippen molar-refractivity contribution >= 4 is 11.7 Å². The van der Waals surface area contributed by atoms with Crippen LogP contribution < -0.4 is 5.73 Å². The number of hydrogen-bond acceptors (Lipinski definition) is 4. The van der Waals surface area contributed by atoms with Gasteiger partial charge in [0.05, 0.1) is 11.3 Å². The molecule has 0 aliphatic heterocycles. The van der Waals surface area contributed by atoms with Crippen molar-refractivity contribution in [1.29, 1.82) is 0 Å². The zero-order chi connectivity index (χ0) is 10.8. The molecule has 0 spiro atoms. The first-order chi connectivity index (χ1) is 7.20. The molecule has 0 saturated heterocycles. The number of carbonyl (C=O) groups is 1. The molecule has 3 N–H and O–H groups in total. The lowest BCUT2D eigenvalue weighted by Crippen LogP contribution is -2.09. The third-order valence-corrected chi connectivity index (χ3v) is 1.92. The van der Waals surface area contributed by atoms with E-state index in [1.807, 2.05) is 0 Å². The molecule has 2 aromatic rings. The lowest BCUT2D eigenvalue weighted by atomic mass is 10.2. The van der Waals surface area contributed by atoms with E-state index < -0.39 is 5.97 Å². The third kappa shape index (κ3) is 1.52. The zero-order valence-electron chi connectivity index (χ0n) is 7.66. The van der Waals surface area contributed by atoms with Gasteiger partial charge >= 0.3 is 5.97 Å². The monoisotopic (exact) mass is 204 g/mol. The molecule has 0 fully saturated rings. The van der Waals surface area contributed by atoms with Crippen LogP contribution in [0, 0.1) is 0 Å². The van der Waals surface area contributed by atoms with E-state index in [0.29, 0.717) is 5.82 Å². The first-order valence-corrected chi connectivity index (χ1v) is 4.18. The third-order valence-electron chi connectivity index (χ3n) is 1.92. The van der Waals surface area contributed by atoms with Gasteiger partial charge in [0.15, 0.2) is 5.82 Å². The molecule has 2 heterocycles. The van der Waals surface area contributed by atoms with Crippen LogP contribution in [0.4, 0.5) is 5.69 Å². The fourth-order valence-electron chi connectivity index (χ4n) is 1.23. The van der Waals surface area contributed by atoms with E-state index in [0.717, 1.165) is 0 Å². The topological polar surface area (TPSA) is 94.0 Å². The maximum atomic E-state index is 10.8. The van der Waals surface area contributed by atoms with Crippen molar-refractivity contribution in [2.24, 2.45) is 0 Å². The van der Waals surface area contributed by atoms with Crippen molar-refractivity contribution < 1.29 is 9.90 Å². The molecule has 0 aliphatic rings. The SMILES string of the molecule is Nc1c(C(=O)O)ccnc1-n1cccn1. The van der Waals surface area contributed by atoms with Crippen LogP contribution in [0.5, 0.6) is 0 Å². The minimum atomic E-state index is -1.08. The van der Waals surface area contributed by atoms with Gasteiger partial charge in [0.1, 0.15) is 0 Å². The van der Waals surface area contributed by atoms with E-state index in [-0.39, 0.29) is 11.3 Å². The number of hydrogen-bond donors (Lipinski definition) is 2. The molecule has 0 unspecified atom stereocenters. The summed E-state index contributed by atoms with van der Waals surface area (Å²) in [6.07, 6.45) is 4.59. The fourth-order valence-corrected chi connectivity index (χ4v) is 1.23. The first-order valence-electron chi connectivity index (χ1n) is 4.18. The van der Waals surface area contributed by atoms with Crippen LogP contribution in [-0.4, -0.2) is 25.8 Å². The van der Waals surface area contributed by atoms with Crippen molar-refractivity contribution in [3.8, 4) is 5.82 Å². The van der Waals surface area contributed by atoms with Crippen molar-refractivity contribution in [3.05, 3.63) is 36.3 Å². The number of pyridine rings is 1. The van der Waals surface area contributed by atoms with Crippen LogP contribution in [0.25, 0.3) is 5.82 Å². The summed E-state index contributed by atoms with van der Waals surface area (Å²) < 4.78 is 1.42. The highest BCUT2D eigenvalue weighted by molar-refractivity contribution is 5.95. The number of nitrogen functional groups attached to an aromatic ring is 1. The molecule has 0 aliphatic carbocycles. The van der Waals surface area contributed by atoms with E-state index in [2.05, 4.69) is 10.1 Å². The Morgan fingerprint density at radius 1 is 1.47 bits per heavy atom. The van der Waals surface area contributed by atoms with Gasteiger partial charge in [-0.25, -0.2) is 14.5 Å². The summed E-state index contributed by atoms with van der Waals surface area (Å²) in [7, 11) is 0. The number of carboxylic acid groups (broad SMARTS) is 1. The Labute approximate surface area is 85.0 Å². The average Bonchev–Trinajstić information content (AvgIpc) is 2.70. The number of rotatable bonds is 2. The number of nitrogens with zero attached hydrogens (tertiary/aromatic N) is 3. The summed E-state index contributed by atoms with van der Waals surface area (Å²) in [6.45, 7) is 0. The number of nitrogens with two attached hydrogens (primary N) is 1. The maximum Gasteiger partial charge on any atom is 0.337 e. The summed E-state index contributed by atoms with van der Waals surface area (Å²) in [6, 6.07) is 3.05. The lowest BCUT2D eigenvalue weighted by Gasteiger charge is -2.06. The van der Waals surface area contributed by atoms with Gasteiger partial charge < -0.3 is 10.8 Å². The Bertz CT molecular complexity index is 493. The molecule has 2 rings (SSSR count). The maximum absolute atomic E-state index is 10.8. The highest BCUT2D eigenvalue weighted by atomic mass is 16.4. The van der Waals surface area contributed by atoms with E-state index in [9.17, 15) is 4.79 Å². The van der Waals surface area contributed by atoms with Gasteiger partial charge in [0.25, 0.3) is 0 Å². The quantitative estimate of drug-likeness (QED) is 0.744.